The van der Waals surface area contributed by atoms with Gasteiger partial charge in [-0.25, -0.2) is 0 Å². The van der Waals surface area contributed by atoms with Crippen molar-refractivity contribution in [3.8, 4) is 0 Å². The maximum Gasteiger partial charge on any atom is 0.404 e. The number of carbonyl (C=O) groups excluding carboxylic acids is 2. The molecule has 31 heavy (non-hydrogen) atoms. The molecule has 0 saturated carbocycles. The maximum absolute atomic E-state index is 14.0. The molecule has 0 aliphatic carbocycles. The van der Waals surface area contributed by atoms with Crippen molar-refractivity contribution in [2.75, 3.05) is 25.0 Å². The van der Waals surface area contributed by atoms with Crippen molar-refractivity contribution < 1.29 is 22.8 Å². The number of likely N-dealkylation sites (tertiary alicyclic amines) is 1. The number of nitrogens with one attached hydrogen (secondary N) is 2. The van der Waals surface area contributed by atoms with Crippen molar-refractivity contribution in [2.45, 2.75) is 32.5 Å². The van der Waals surface area contributed by atoms with Gasteiger partial charge in [-0.3, -0.25) is 14.5 Å². The van der Waals surface area contributed by atoms with Crippen molar-refractivity contribution >= 4 is 17.5 Å². The normalized spacial score (nSPS) is 19.2. The molecule has 0 aromatic heterocycles. The minimum atomic E-state index is -4.71. The van der Waals surface area contributed by atoms with Gasteiger partial charge in [0.25, 0.3) is 0 Å². The summed E-state index contributed by atoms with van der Waals surface area (Å²) in [6.45, 7) is 1.46. The molecular weight excluding hydrogens is 407 g/mol. The molecule has 166 valence electrons. The van der Waals surface area contributed by atoms with E-state index >= 15 is 0 Å². The highest BCUT2D eigenvalue weighted by Gasteiger charge is 2.62. The number of nitrogens with zero attached hydrogens (tertiary/aromatic N) is 1. The van der Waals surface area contributed by atoms with Crippen LogP contribution in [0, 0.1) is 5.41 Å². The number of rotatable bonds is 7. The van der Waals surface area contributed by atoms with Crippen molar-refractivity contribution in [3.05, 3.63) is 65.7 Å². The number of amides is 2. The lowest BCUT2D eigenvalue weighted by atomic mass is 9.85. The molecule has 0 bridgehead atoms. The average Bonchev–Trinajstić information content (AvgIpc) is 3.18. The minimum Gasteiger partial charge on any atom is -0.346 e. The molecule has 1 fully saturated rings. The van der Waals surface area contributed by atoms with E-state index in [2.05, 4.69) is 10.6 Å². The molecule has 0 spiro atoms. The van der Waals surface area contributed by atoms with E-state index in [4.69, 9.17) is 0 Å². The summed E-state index contributed by atoms with van der Waals surface area (Å²) in [4.78, 5) is 26.5. The fourth-order valence-corrected chi connectivity index (χ4v) is 3.89. The second-order valence-electron chi connectivity index (χ2n) is 7.77. The van der Waals surface area contributed by atoms with Crippen LogP contribution in [0.3, 0.4) is 0 Å². The smallest absolute Gasteiger partial charge is 0.346 e. The van der Waals surface area contributed by atoms with Gasteiger partial charge in [0.1, 0.15) is 0 Å². The monoisotopic (exact) mass is 433 g/mol. The van der Waals surface area contributed by atoms with Gasteiger partial charge in [0.2, 0.25) is 11.8 Å². The van der Waals surface area contributed by atoms with Gasteiger partial charge in [0.15, 0.2) is 5.41 Å². The first kappa shape index (κ1) is 22.8. The molecule has 1 unspecified atom stereocenters. The van der Waals surface area contributed by atoms with Crippen LogP contribution in [0.4, 0.5) is 18.9 Å². The standard InChI is InChI=1S/C23H26F3N3O2/c1-2-18-10-6-7-11-19(18)28-20(30)14-27-21(31)22(23(24,25)26)12-13-29(16-22)15-17-8-4-3-5-9-17/h3-11H,2,12-16H2,1H3,(H,27,31)(H,28,30). The van der Waals surface area contributed by atoms with Crippen LogP contribution in [0.5, 0.6) is 0 Å². The Hall–Kier alpha value is -2.87. The van der Waals surface area contributed by atoms with Crippen molar-refractivity contribution in [2.24, 2.45) is 5.41 Å². The van der Waals surface area contributed by atoms with E-state index in [-0.39, 0.29) is 13.0 Å². The molecule has 1 aliphatic heterocycles. The molecule has 8 heteroatoms. The second kappa shape index (κ2) is 9.51. The zero-order valence-electron chi connectivity index (χ0n) is 17.3. The van der Waals surface area contributed by atoms with Crippen molar-refractivity contribution in [3.63, 3.8) is 0 Å². The van der Waals surface area contributed by atoms with E-state index in [1.807, 2.05) is 49.4 Å². The lowest BCUT2D eigenvalue weighted by Gasteiger charge is -2.30. The molecule has 2 aromatic rings. The number of para-hydroxylation sites is 1. The lowest BCUT2D eigenvalue weighted by molar-refractivity contribution is -0.218. The number of hydrogen-bond donors (Lipinski definition) is 2. The number of hydrogen-bond acceptors (Lipinski definition) is 3. The molecule has 3 rings (SSSR count). The molecule has 5 nitrogen and oxygen atoms in total. The first-order valence-electron chi connectivity index (χ1n) is 10.2. The van der Waals surface area contributed by atoms with Gasteiger partial charge in [-0.05, 0) is 36.6 Å². The Morgan fingerprint density at radius 2 is 1.74 bits per heavy atom. The van der Waals surface area contributed by atoms with Gasteiger partial charge >= 0.3 is 6.18 Å². The Balaban J connectivity index is 1.63. The van der Waals surface area contributed by atoms with Gasteiger partial charge < -0.3 is 10.6 Å². The van der Waals surface area contributed by atoms with E-state index in [9.17, 15) is 22.8 Å². The molecular formula is C23H26F3N3O2. The largest absolute Gasteiger partial charge is 0.404 e. The Morgan fingerprint density at radius 1 is 1.06 bits per heavy atom. The minimum absolute atomic E-state index is 0.151. The van der Waals surface area contributed by atoms with Crippen LogP contribution in [-0.2, 0) is 22.6 Å². The lowest BCUT2D eigenvalue weighted by Crippen LogP contribution is -2.53. The van der Waals surface area contributed by atoms with Crippen molar-refractivity contribution in [1.29, 1.82) is 0 Å². The Labute approximate surface area is 179 Å². The number of carbonyl (C=O) groups is 2. The van der Waals surface area contributed by atoms with Crippen LogP contribution in [0.25, 0.3) is 0 Å². The number of alkyl halides is 3. The Kier molecular flexibility index (Phi) is 7.00. The van der Waals surface area contributed by atoms with E-state index in [0.717, 1.165) is 11.1 Å². The summed E-state index contributed by atoms with van der Waals surface area (Å²) in [7, 11) is 0. The molecule has 2 amide bonds. The van der Waals surface area contributed by atoms with Crippen LogP contribution in [0.15, 0.2) is 54.6 Å². The molecule has 2 aromatic carbocycles. The highest BCUT2D eigenvalue weighted by atomic mass is 19.4. The van der Waals surface area contributed by atoms with Crippen LogP contribution in [-0.4, -0.2) is 42.5 Å². The summed E-state index contributed by atoms with van der Waals surface area (Å²) < 4.78 is 41.9. The number of halogens is 3. The highest BCUT2D eigenvalue weighted by molar-refractivity contribution is 5.96. The first-order chi connectivity index (χ1) is 14.7. The highest BCUT2D eigenvalue weighted by Crippen LogP contribution is 2.46. The van der Waals surface area contributed by atoms with Crippen LogP contribution in [0.2, 0.25) is 0 Å². The molecule has 1 aliphatic rings. The number of anilines is 1. The van der Waals surface area contributed by atoms with Gasteiger partial charge in [0.05, 0.1) is 6.54 Å². The Bertz CT molecular complexity index is 918. The van der Waals surface area contributed by atoms with Crippen LogP contribution < -0.4 is 10.6 Å². The van der Waals surface area contributed by atoms with Crippen molar-refractivity contribution in [1.82, 2.24) is 10.2 Å². The number of aryl methyl sites for hydroxylation is 1. The van der Waals surface area contributed by atoms with Gasteiger partial charge in [0, 0.05) is 18.8 Å². The van der Waals surface area contributed by atoms with Crippen LogP contribution >= 0.6 is 0 Å². The Morgan fingerprint density at radius 3 is 2.42 bits per heavy atom. The van der Waals surface area contributed by atoms with Gasteiger partial charge in [-0.15, -0.1) is 0 Å². The third-order valence-corrected chi connectivity index (χ3v) is 5.66. The third-order valence-electron chi connectivity index (χ3n) is 5.66. The molecule has 1 saturated heterocycles. The van der Waals surface area contributed by atoms with E-state index < -0.39 is 36.5 Å². The fraction of sp³-hybridized carbons (Fsp3) is 0.391. The SMILES string of the molecule is CCc1ccccc1NC(=O)CNC(=O)C1(C(F)(F)F)CCN(Cc2ccccc2)C1. The average molecular weight is 433 g/mol. The summed E-state index contributed by atoms with van der Waals surface area (Å²) >= 11 is 0. The molecule has 1 atom stereocenters. The van der Waals surface area contributed by atoms with E-state index in [0.29, 0.717) is 18.7 Å². The summed E-state index contributed by atoms with van der Waals surface area (Å²) in [5, 5.41) is 4.87. The zero-order valence-corrected chi connectivity index (χ0v) is 17.3. The van der Waals surface area contributed by atoms with E-state index in [1.165, 1.54) is 0 Å². The fourth-order valence-electron chi connectivity index (χ4n) is 3.89. The summed E-state index contributed by atoms with van der Waals surface area (Å²) in [6.07, 6.45) is -4.36. The topological polar surface area (TPSA) is 61.4 Å². The van der Waals surface area contributed by atoms with Gasteiger partial charge in [-0.1, -0.05) is 55.5 Å². The summed E-state index contributed by atoms with van der Waals surface area (Å²) in [5.74, 6) is -1.72. The maximum atomic E-state index is 14.0. The van der Waals surface area contributed by atoms with Crippen LogP contribution in [0.1, 0.15) is 24.5 Å². The zero-order chi connectivity index (χ0) is 22.5. The molecule has 1 heterocycles. The van der Waals surface area contributed by atoms with Gasteiger partial charge in [-0.2, -0.15) is 13.2 Å². The quantitative estimate of drug-likeness (QED) is 0.699. The van der Waals surface area contributed by atoms with E-state index in [1.54, 1.807) is 17.0 Å². The number of benzene rings is 2. The summed E-state index contributed by atoms with van der Waals surface area (Å²) in [5.41, 5.74) is -0.149. The predicted molar refractivity (Wildman–Crippen MR) is 112 cm³/mol. The summed E-state index contributed by atoms with van der Waals surface area (Å²) in [6, 6.07) is 16.3. The third kappa shape index (κ3) is 5.25. The molecule has 0 radical (unpaired) electrons. The predicted octanol–water partition coefficient (Wildman–Crippen LogP) is 3.76. The first-order valence-corrected chi connectivity index (χ1v) is 10.2. The molecule has 2 N–H and O–H groups in total. The second-order valence-corrected chi connectivity index (χ2v) is 7.77.